The van der Waals surface area contributed by atoms with Gasteiger partial charge in [0.15, 0.2) is 0 Å². The molecule has 1 aromatic carbocycles. The Balaban J connectivity index is 0.000000178. The lowest BCUT2D eigenvalue weighted by molar-refractivity contribution is 0.233. The highest BCUT2D eigenvalue weighted by atomic mass is 15.2. The number of nitrogens with zero attached hydrogens (tertiary/aromatic N) is 1. The minimum Gasteiger partial charge on any atom is -0.314 e. The average molecular weight is 270 g/mol. The number of piperazine rings is 1. The second-order valence-corrected chi connectivity index (χ2v) is 5.44. The van der Waals surface area contributed by atoms with Crippen LogP contribution in [0.5, 0.6) is 0 Å². The van der Waals surface area contributed by atoms with Crippen LogP contribution in [-0.4, -0.2) is 31.1 Å². The second kappa shape index (κ2) is 8.72. The fourth-order valence-electron chi connectivity index (χ4n) is 2.46. The maximum absolute atomic E-state index is 3.36. The maximum Gasteiger partial charge on any atom is 0.0234 e. The van der Waals surface area contributed by atoms with Crippen molar-refractivity contribution in [2.75, 3.05) is 26.2 Å². The van der Waals surface area contributed by atoms with E-state index in [2.05, 4.69) is 65.7 Å². The quantitative estimate of drug-likeness (QED) is 0.886. The summed E-state index contributed by atoms with van der Waals surface area (Å²) >= 11 is 0. The smallest absolute Gasteiger partial charge is 0.0234 e. The molecule has 20 heavy (non-hydrogen) atoms. The van der Waals surface area contributed by atoms with E-state index in [1.165, 1.54) is 37.1 Å². The molecule has 3 rings (SSSR count). The molecule has 108 valence electrons. The van der Waals surface area contributed by atoms with Crippen LogP contribution in [-0.2, 0) is 6.54 Å². The van der Waals surface area contributed by atoms with E-state index in [0.29, 0.717) is 0 Å². The second-order valence-electron chi connectivity index (χ2n) is 5.44. The van der Waals surface area contributed by atoms with E-state index >= 15 is 0 Å². The molecule has 2 aliphatic rings. The standard InChI is InChI=1S/C11H16N2.C7H10/c1-2-4-11(5-3-1)10-13-8-6-12-7-9-13;1-7-5-3-2-4-6-7/h1-5,12H,6-10H2;3,5-6H,2,4H2,1H3. The van der Waals surface area contributed by atoms with E-state index in [-0.39, 0.29) is 0 Å². The number of allylic oxidation sites excluding steroid dienone is 4. The van der Waals surface area contributed by atoms with E-state index in [1.807, 2.05) is 0 Å². The van der Waals surface area contributed by atoms with Crippen LogP contribution in [0.1, 0.15) is 25.3 Å². The molecule has 1 heterocycles. The Morgan fingerprint density at radius 1 is 1.05 bits per heavy atom. The summed E-state index contributed by atoms with van der Waals surface area (Å²) in [5.74, 6) is 0. The van der Waals surface area contributed by atoms with Gasteiger partial charge in [0, 0.05) is 32.7 Å². The zero-order valence-electron chi connectivity index (χ0n) is 12.5. The molecular weight excluding hydrogens is 244 g/mol. The fraction of sp³-hybridized carbons (Fsp3) is 0.444. The van der Waals surface area contributed by atoms with Crippen LogP contribution in [0.15, 0.2) is 54.1 Å². The molecule has 0 spiro atoms. The summed E-state index contributed by atoms with van der Waals surface area (Å²) in [6.07, 6.45) is 9.12. The molecular formula is C18H26N2. The van der Waals surface area contributed by atoms with E-state index in [0.717, 1.165) is 19.6 Å². The fourth-order valence-corrected chi connectivity index (χ4v) is 2.46. The average Bonchev–Trinajstić information content (AvgIpc) is 2.51. The zero-order valence-corrected chi connectivity index (χ0v) is 12.5. The van der Waals surface area contributed by atoms with E-state index in [4.69, 9.17) is 0 Å². The van der Waals surface area contributed by atoms with E-state index < -0.39 is 0 Å². The van der Waals surface area contributed by atoms with Gasteiger partial charge in [0.2, 0.25) is 0 Å². The Hall–Kier alpha value is -1.38. The van der Waals surface area contributed by atoms with Crippen molar-refractivity contribution < 1.29 is 0 Å². The van der Waals surface area contributed by atoms with E-state index in [1.54, 1.807) is 0 Å². The van der Waals surface area contributed by atoms with Crippen LogP contribution >= 0.6 is 0 Å². The number of hydrogen-bond donors (Lipinski definition) is 1. The lowest BCUT2D eigenvalue weighted by atomic mass is 10.1. The molecule has 1 N–H and O–H groups in total. The van der Waals surface area contributed by atoms with Gasteiger partial charge in [0.1, 0.15) is 0 Å². The first-order valence-corrected chi connectivity index (χ1v) is 7.65. The van der Waals surface area contributed by atoms with Crippen LogP contribution in [0, 0.1) is 0 Å². The predicted molar refractivity (Wildman–Crippen MR) is 86.7 cm³/mol. The van der Waals surface area contributed by atoms with Gasteiger partial charge in [0.25, 0.3) is 0 Å². The summed E-state index contributed by atoms with van der Waals surface area (Å²) < 4.78 is 0. The summed E-state index contributed by atoms with van der Waals surface area (Å²) in [6.45, 7) is 7.85. The minimum absolute atomic E-state index is 1.10. The third-order valence-electron chi connectivity index (χ3n) is 3.64. The molecule has 2 nitrogen and oxygen atoms in total. The van der Waals surface area contributed by atoms with Gasteiger partial charge in [-0.05, 0) is 25.3 Å². The molecule has 0 bridgehead atoms. The minimum atomic E-state index is 1.10. The van der Waals surface area contributed by atoms with Crippen molar-refractivity contribution in [1.29, 1.82) is 0 Å². The highest BCUT2D eigenvalue weighted by Crippen LogP contribution is 2.07. The molecule has 0 radical (unpaired) electrons. The van der Waals surface area contributed by atoms with Crippen molar-refractivity contribution in [2.24, 2.45) is 0 Å². The molecule has 1 saturated heterocycles. The molecule has 1 aromatic rings. The summed E-state index contributed by atoms with van der Waals surface area (Å²) in [7, 11) is 0. The zero-order chi connectivity index (χ0) is 14.0. The third kappa shape index (κ3) is 5.72. The van der Waals surface area contributed by atoms with Crippen molar-refractivity contribution in [3.05, 3.63) is 59.7 Å². The largest absolute Gasteiger partial charge is 0.314 e. The Bertz CT molecular complexity index is 428. The van der Waals surface area contributed by atoms with Crippen LogP contribution in [0.4, 0.5) is 0 Å². The number of hydrogen-bond acceptors (Lipinski definition) is 2. The highest BCUT2D eigenvalue weighted by molar-refractivity contribution is 5.19. The number of nitrogens with one attached hydrogen (secondary N) is 1. The topological polar surface area (TPSA) is 15.3 Å². The monoisotopic (exact) mass is 270 g/mol. The molecule has 1 fully saturated rings. The Labute approximate surface area is 123 Å². The molecule has 1 aliphatic carbocycles. The summed E-state index contributed by atoms with van der Waals surface area (Å²) in [6, 6.07) is 10.7. The maximum atomic E-state index is 3.36. The predicted octanol–water partition coefficient (Wildman–Crippen LogP) is 3.37. The van der Waals surface area contributed by atoms with Crippen molar-refractivity contribution in [1.82, 2.24) is 10.2 Å². The molecule has 0 unspecified atom stereocenters. The van der Waals surface area contributed by atoms with Crippen molar-refractivity contribution in [3.8, 4) is 0 Å². The molecule has 2 heteroatoms. The molecule has 0 atom stereocenters. The van der Waals surface area contributed by atoms with E-state index in [9.17, 15) is 0 Å². The Morgan fingerprint density at radius 3 is 2.35 bits per heavy atom. The van der Waals surface area contributed by atoms with Gasteiger partial charge in [-0.3, -0.25) is 4.90 Å². The number of benzene rings is 1. The van der Waals surface area contributed by atoms with Crippen molar-refractivity contribution in [2.45, 2.75) is 26.3 Å². The molecule has 0 amide bonds. The van der Waals surface area contributed by atoms with Gasteiger partial charge in [-0.1, -0.05) is 54.1 Å². The SMILES string of the molecule is CC1=CCCC=C1.c1ccc(CN2CCNCC2)cc1. The van der Waals surface area contributed by atoms with Crippen LogP contribution in [0.3, 0.4) is 0 Å². The third-order valence-corrected chi connectivity index (χ3v) is 3.64. The molecule has 0 aromatic heterocycles. The lowest BCUT2D eigenvalue weighted by Crippen LogP contribution is -2.42. The first-order valence-electron chi connectivity index (χ1n) is 7.65. The van der Waals surface area contributed by atoms with Gasteiger partial charge in [-0.2, -0.15) is 0 Å². The lowest BCUT2D eigenvalue weighted by Gasteiger charge is -2.27. The van der Waals surface area contributed by atoms with Crippen molar-refractivity contribution >= 4 is 0 Å². The highest BCUT2D eigenvalue weighted by Gasteiger charge is 2.08. The van der Waals surface area contributed by atoms with Gasteiger partial charge < -0.3 is 5.32 Å². The first-order chi connectivity index (χ1) is 9.84. The molecule has 1 aliphatic heterocycles. The summed E-state index contributed by atoms with van der Waals surface area (Å²) in [5.41, 5.74) is 2.83. The van der Waals surface area contributed by atoms with Crippen molar-refractivity contribution in [3.63, 3.8) is 0 Å². The van der Waals surface area contributed by atoms with Gasteiger partial charge in [0.05, 0.1) is 0 Å². The number of rotatable bonds is 2. The van der Waals surface area contributed by atoms with Gasteiger partial charge >= 0.3 is 0 Å². The van der Waals surface area contributed by atoms with Gasteiger partial charge in [-0.25, -0.2) is 0 Å². The Morgan fingerprint density at radius 2 is 1.80 bits per heavy atom. The Kier molecular flexibility index (Phi) is 6.55. The first kappa shape index (κ1) is 15.0. The van der Waals surface area contributed by atoms with Gasteiger partial charge in [-0.15, -0.1) is 0 Å². The van der Waals surface area contributed by atoms with Crippen LogP contribution in [0.25, 0.3) is 0 Å². The summed E-state index contributed by atoms with van der Waals surface area (Å²) in [4.78, 5) is 2.49. The van der Waals surface area contributed by atoms with Crippen LogP contribution < -0.4 is 5.32 Å². The van der Waals surface area contributed by atoms with Crippen LogP contribution in [0.2, 0.25) is 0 Å². The summed E-state index contributed by atoms with van der Waals surface area (Å²) in [5, 5.41) is 3.36. The normalized spacial score (nSPS) is 18.9. The molecule has 0 saturated carbocycles.